The summed E-state index contributed by atoms with van der Waals surface area (Å²) in [6.07, 6.45) is 4.13. The standard InChI is InChI=1S/C13H14BrN3/c14-10-4-3-7-17(8-10)13-11-5-1-2-6-12(11)15-9-16-13/h1-2,5-6,9-10H,3-4,7-8H2. The second-order valence-corrected chi connectivity index (χ2v) is 5.69. The number of benzene rings is 1. The molecule has 1 atom stereocenters. The predicted octanol–water partition coefficient (Wildman–Crippen LogP) is 2.99. The van der Waals surface area contributed by atoms with Crippen LogP contribution in [-0.2, 0) is 0 Å². The Balaban J connectivity index is 2.04. The summed E-state index contributed by atoms with van der Waals surface area (Å²) >= 11 is 3.70. The van der Waals surface area contributed by atoms with Gasteiger partial charge in [0.2, 0.25) is 0 Å². The van der Waals surface area contributed by atoms with Crippen molar-refractivity contribution < 1.29 is 0 Å². The molecule has 0 saturated carbocycles. The Labute approximate surface area is 109 Å². The first kappa shape index (κ1) is 11.0. The molecule has 1 fully saturated rings. The number of halogens is 1. The zero-order valence-electron chi connectivity index (χ0n) is 9.51. The van der Waals surface area contributed by atoms with E-state index in [0.29, 0.717) is 4.83 Å². The molecule has 4 heteroatoms. The van der Waals surface area contributed by atoms with Gasteiger partial charge in [-0.1, -0.05) is 28.1 Å². The third kappa shape index (κ3) is 2.14. The normalized spacial score (nSPS) is 20.8. The van der Waals surface area contributed by atoms with E-state index in [9.17, 15) is 0 Å². The monoisotopic (exact) mass is 291 g/mol. The van der Waals surface area contributed by atoms with Gasteiger partial charge in [0.25, 0.3) is 0 Å². The van der Waals surface area contributed by atoms with E-state index in [1.807, 2.05) is 18.2 Å². The average molecular weight is 292 g/mol. The largest absolute Gasteiger partial charge is 0.355 e. The first-order valence-corrected chi connectivity index (χ1v) is 6.85. The predicted molar refractivity (Wildman–Crippen MR) is 73.7 cm³/mol. The molecule has 88 valence electrons. The van der Waals surface area contributed by atoms with Gasteiger partial charge in [-0.2, -0.15) is 0 Å². The van der Waals surface area contributed by atoms with Crippen molar-refractivity contribution in [2.75, 3.05) is 18.0 Å². The van der Waals surface area contributed by atoms with Crippen LogP contribution < -0.4 is 4.90 Å². The van der Waals surface area contributed by atoms with Gasteiger partial charge in [-0.15, -0.1) is 0 Å². The summed E-state index contributed by atoms with van der Waals surface area (Å²) in [4.78, 5) is 11.7. The molecule has 3 rings (SSSR count). The van der Waals surface area contributed by atoms with E-state index in [-0.39, 0.29) is 0 Å². The SMILES string of the molecule is BrC1CCCN(c2ncnc3ccccc23)C1. The molecule has 1 aliphatic rings. The summed E-state index contributed by atoms with van der Waals surface area (Å²) in [5.41, 5.74) is 1.02. The zero-order chi connectivity index (χ0) is 11.7. The Bertz CT molecular complexity index is 524. The van der Waals surface area contributed by atoms with E-state index in [1.165, 1.54) is 12.8 Å². The molecule has 1 aliphatic heterocycles. The number of nitrogens with zero attached hydrogens (tertiary/aromatic N) is 3. The highest BCUT2D eigenvalue weighted by Crippen LogP contribution is 2.27. The molecule has 2 heterocycles. The van der Waals surface area contributed by atoms with Crippen molar-refractivity contribution >= 4 is 32.7 Å². The maximum atomic E-state index is 4.46. The summed E-state index contributed by atoms with van der Waals surface area (Å²) in [6.45, 7) is 2.12. The van der Waals surface area contributed by atoms with E-state index in [1.54, 1.807) is 6.33 Å². The highest BCUT2D eigenvalue weighted by molar-refractivity contribution is 9.09. The number of hydrogen-bond acceptors (Lipinski definition) is 3. The molecule has 1 aromatic heterocycles. The second kappa shape index (κ2) is 4.61. The highest BCUT2D eigenvalue weighted by Gasteiger charge is 2.20. The molecule has 0 aliphatic carbocycles. The van der Waals surface area contributed by atoms with Crippen LogP contribution in [0.4, 0.5) is 5.82 Å². The molecule has 2 aromatic rings. The molecule has 1 unspecified atom stereocenters. The first-order valence-electron chi connectivity index (χ1n) is 5.93. The number of hydrogen-bond donors (Lipinski definition) is 0. The molecule has 17 heavy (non-hydrogen) atoms. The van der Waals surface area contributed by atoms with Crippen LogP contribution in [-0.4, -0.2) is 27.9 Å². The van der Waals surface area contributed by atoms with Crippen LogP contribution in [0.15, 0.2) is 30.6 Å². The Kier molecular flexibility index (Phi) is 2.97. The van der Waals surface area contributed by atoms with E-state index < -0.39 is 0 Å². The van der Waals surface area contributed by atoms with Crippen LogP contribution in [0.25, 0.3) is 10.9 Å². The highest BCUT2D eigenvalue weighted by atomic mass is 79.9. The summed E-state index contributed by atoms with van der Waals surface area (Å²) in [7, 11) is 0. The molecule has 0 bridgehead atoms. The maximum absolute atomic E-state index is 4.46. The molecule has 1 aromatic carbocycles. The summed E-state index contributed by atoms with van der Waals surface area (Å²) < 4.78 is 0. The minimum absolute atomic E-state index is 0.574. The van der Waals surface area contributed by atoms with Gasteiger partial charge in [-0.25, -0.2) is 9.97 Å². The number of piperidine rings is 1. The fourth-order valence-corrected chi connectivity index (χ4v) is 3.03. The average Bonchev–Trinajstić information content (AvgIpc) is 2.38. The number of aromatic nitrogens is 2. The number of anilines is 1. The fraction of sp³-hybridized carbons (Fsp3) is 0.385. The lowest BCUT2D eigenvalue weighted by Gasteiger charge is -2.31. The van der Waals surface area contributed by atoms with E-state index in [0.717, 1.165) is 29.8 Å². The van der Waals surface area contributed by atoms with Crippen LogP contribution in [0.3, 0.4) is 0 Å². The summed E-state index contributed by atoms with van der Waals surface area (Å²) in [5, 5.41) is 1.15. The minimum Gasteiger partial charge on any atom is -0.355 e. The van der Waals surface area contributed by atoms with Crippen molar-refractivity contribution in [3.8, 4) is 0 Å². The molecule has 0 spiro atoms. The van der Waals surface area contributed by atoms with Gasteiger partial charge in [0, 0.05) is 23.3 Å². The van der Waals surface area contributed by atoms with Gasteiger partial charge in [-0.3, -0.25) is 0 Å². The van der Waals surface area contributed by atoms with Crippen LogP contribution in [0.5, 0.6) is 0 Å². The van der Waals surface area contributed by atoms with Gasteiger partial charge in [0.1, 0.15) is 12.1 Å². The van der Waals surface area contributed by atoms with Crippen molar-refractivity contribution in [3.63, 3.8) is 0 Å². The second-order valence-electron chi connectivity index (χ2n) is 4.40. The lowest BCUT2D eigenvalue weighted by atomic mass is 10.1. The molecular weight excluding hydrogens is 278 g/mol. The Morgan fingerprint density at radius 2 is 2.12 bits per heavy atom. The quantitative estimate of drug-likeness (QED) is 0.757. The summed E-state index contributed by atoms with van der Waals surface area (Å²) in [6, 6.07) is 8.20. The Morgan fingerprint density at radius 1 is 1.24 bits per heavy atom. The van der Waals surface area contributed by atoms with Gasteiger partial charge in [-0.05, 0) is 25.0 Å². The van der Waals surface area contributed by atoms with Gasteiger partial charge in [0.05, 0.1) is 5.52 Å². The smallest absolute Gasteiger partial charge is 0.139 e. The third-order valence-electron chi connectivity index (χ3n) is 3.19. The molecule has 3 nitrogen and oxygen atoms in total. The van der Waals surface area contributed by atoms with Crippen molar-refractivity contribution in [2.45, 2.75) is 17.7 Å². The third-order valence-corrected chi connectivity index (χ3v) is 3.93. The van der Waals surface area contributed by atoms with Gasteiger partial charge >= 0.3 is 0 Å². The van der Waals surface area contributed by atoms with E-state index in [2.05, 4.69) is 36.9 Å². The van der Waals surface area contributed by atoms with Crippen molar-refractivity contribution in [2.24, 2.45) is 0 Å². The number of fused-ring (bicyclic) bond motifs is 1. The lowest BCUT2D eigenvalue weighted by molar-refractivity contribution is 0.592. The number of alkyl halides is 1. The minimum atomic E-state index is 0.574. The van der Waals surface area contributed by atoms with Crippen molar-refractivity contribution in [3.05, 3.63) is 30.6 Å². The molecule has 0 amide bonds. The maximum Gasteiger partial charge on any atom is 0.139 e. The van der Waals surface area contributed by atoms with Crippen molar-refractivity contribution in [1.82, 2.24) is 9.97 Å². The van der Waals surface area contributed by atoms with Crippen LogP contribution in [0.2, 0.25) is 0 Å². The molecule has 1 saturated heterocycles. The molecule has 0 radical (unpaired) electrons. The van der Waals surface area contributed by atoms with Crippen LogP contribution >= 0.6 is 15.9 Å². The molecular formula is C13H14BrN3. The number of rotatable bonds is 1. The Morgan fingerprint density at radius 3 is 3.00 bits per heavy atom. The van der Waals surface area contributed by atoms with Gasteiger partial charge < -0.3 is 4.90 Å². The topological polar surface area (TPSA) is 29.0 Å². The van der Waals surface area contributed by atoms with Crippen LogP contribution in [0.1, 0.15) is 12.8 Å². The van der Waals surface area contributed by atoms with E-state index in [4.69, 9.17) is 0 Å². The number of para-hydroxylation sites is 1. The van der Waals surface area contributed by atoms with Crippen molar-refractivity contribution in [1.29, 1.82) is 0 Å². The first-order chi connectivity index (χ1) is 8.34. The zero-order valence-corrected chi connectivity index (χ0v) is 11.1. The van der Waals surface area contributed by atoms with Gasteiger partial charge in [0.15, 0.2) is 0 Å². The Hall–Kier alpha value is -1.16. The molecule has 0 N–H and O–H groups in total. The summed E-state index contributed by atoms with van der Waals surface area (Å²) in [5.74, 6) is 1.07. The van der Waals surface area contributed by atoms with E-state index >= 15 is 0 Å². The lowest BCUT2D eigenvalue weighted by Crippen LogP contribution is -2.36. The fourth-order valence-electron chi connectivity index (χ4n) is 2.36. The van der Waals surface area contributed by atoms with Crippen LogP contribution in [0, 0.1) is 0 Å².